The van der Waals surface area contributed by atoms with E-state index >= 15 is 0 Å². The minimum atomic E-state index is 0.205. The molecule has 0 bridgehead atoms. The second-order valence-corrected chi connectivity index (χ2v) is 8.51. The lowest BCUT2D eigenvalue weighted by molar-refractivity contribution is -0.138. The molecule has 0 saturated carbocycles. The van der Waals surface area contributed by atoms with Crippen molar-refractivity contribution in [1.29, 1.82) is 0 Å². The molecular weight excluding hydrogens is 324 g/mol. The zero-order valence-electron chi connectivity index (χ0n) is 15.9. The average molecular weight is 357 g/mol. The first-order valence-electron chi connectivity index (χ1n) is 10.4. The number of benzene rings is 1. The SMILES string of the molecule is O=C(C1CCOCC1)N1CC[C@@]2(CCCN(CCc3ccccc3)C2)C1. The molecule has 0 N–H and O–H groups in total. The van der Waals surface area contributed by atoms with Crippen LogP contribution in [-0.4, -0.2) is 61.6 Å². The van der Waals surface area contributed by atoms with E-state index < -0.39 is 0 Å². The third-order valence-electron chi connectivity index (χ3n) is 6.62. The summed E-state index contributed by atoms with van der Waals surface area (Å²) in [6, 6.07) is 10.8. The van der Waals surface area contributed by atoms with Gasteiger partial charge in [0.25, 0.3) is 0 Å². The van der Waals surface area contributed by atoms with Crippen molar-refractivity contribution in [3.63, 3.8) is 0 Å². The van der Waals surface area contributed by atoms with Crippen LogP contribution in [0.3, 0.4) is 0 Å². The number of hydrogen-bond acceptors (Lipinski definition) is 3. The van der Waals surface area contributed by atoms with Crippen molar-refractivity contribution in [1.82, 2.24) is 9.80 Å². The Morgan fingerprint density at radius 1 is 1.08 bits per heavy atom. The predicted octanol–water partition coefficient (Wildman–Crippen LogP) is 2.97. The number of carbonyl (C=O) groups excluding carboxylic acids is 1. The number of ether oxygens (including phenoxy) is 1. The highest BCUT2D eigenvalue weighted by Gasteiger charge is 2.43. The van der Waals surface area contributed by atoms with Gasteiger partial charge in [-0.25, -0.2) is 0 Å². The first kappa shape index (κ1) is 18.0. The van der Waals surface area contributed by atoms with Gasteiger partial charge in [0, 0.05) is 50.7 Å². The summed E-state index contributed by atoms with van der Waals surface area (Å²) in [6.45, 7) is 6.96. The molecular formula is C22H32N2O2. The summed E-state index contributed by atoms with van der Waals surface area (Å²) in [5.74, 6) is 0.600. The molecule has 1 aromatic carbocycles. The Bertz CT molecular complexity index is 599. The Hall–Kier alpha value is -1.39. The Morgan fingerprint density at radius 2 is 1.88 bits per heavy atom. The van der Waals surface area contributed by atoms with E-state index in [9.17, 15) is 4.79 Å². The number of amides is 1. The predicted molar refractivity (Wildman–Crippen MR) is 103 cm³/mol. The molecule has 26 heavy (non-hydrogen) atoms. The summed E-state index contributed by atoms with van der Waals surface area (Å²) in [7, 11) is 0. The first-order valence-corrected chi connectivity index (χ1v) is 10.4. The Morgan fingerprint density at radius 3 is 2.69 bits per heavy atom. The molecule has 3 aliphatic rings. The lowest BCUT2D eigenvalue weighted by atomic mass is 9.79. The highest BCUT2D eigenvalue weighted by atomic mass is 16.5. The second-order valence-electron chi connectivity index (χ2n) is 8.51. The van der Waals surface area contributed by atoms with Gasteiger partial charge in [-0.3, -0.25) is 4.79 Å². The summed E-state index contributed by atoms with van der Waals surface area (Å²) in [5, 5.41) is 0. The van der Waals surface area contributed by atoms with Crippen LogP contribution in [0.4, 0.5) is 0 Å². The van der Waals surface area contributed by atoms with Crippen LogP contribution in [0.5, 0.6) is 0 Å². The second kappa shape index (κ2) is 8.10. The standard InChI is InChI=1S/C22H32N2O2/c25-21(20-8-15-26-16-9-20)24-14-11-22(18-24)10-4-12-23(17-22)13-7-19-5-2-1-3-6-19/h1-3,5-6,20H,4,7-18H2/t22-/m1/s1. The van der Waals surface area contributed by atoms with Crippen LogP contribution in [0.15, 0.2) is 30.3 Å². The van der Waals surface area contributed by atoms with Crippen LogP contribution in [0.2, 0.25) is 0 Å². The summed E-state index contributed by atoms with van der Waals surface area (Å²) in [6.07, 6.45) is 6.68. The van der Waals surface area contributed by atoms with Gasteiger partial charge in [0.05, 0.1) is 0 Å². The molecule has 1 atom stereocenters. The van der Waals surface area contributed by atoms with E-state index in [1.807, 2.05) is 0 Å². The molecule has 0 aromatic heterocycles. The molecule has 4 nitrogen and oxygen atoms in total. The number of hydrogen-bond donors (Lipinski definition) is 0. The molecule has 142 valence electrons. The van der Waals surface area contributed by atoms with Gasteiger partial charge in [-0.15, -0.1) is 0 Å². The van der Waals surface area contributed by atoms with Crippen molar-refractivity contribution in [3.8, 4) is 0 Å². The van der Waals surface area contributed by atoms with Crippen LogP contribution in [0, 0.1) is 11.3 Å². The smallest absolute Gasteiger partial charge is 0.225 e. The van der Waals surface area contributed by atoms with Gasteiger partial charge in [-0.05, 0) is 50.6 Å². The zero-order valence-corrected chi connectivity index (χ0v) is 15.9. The van der Waals surface area contributed by atoms with Crippen LogP contribution >= 0.6 is 0 Å². The van der Waals surface area contributed by atoms with E-state index in [0.717, 1.165) is 58.7 Å². The molecule has 1 aromatic rings. The van der Waals surface area contributed by atoms with Crippen molar-refractivity contribution >= 4 is 5.91 Å². The van der Waals surface area contributed by atoms with E-state index in [2.05, 4.69) is 40.1 Å². The minimum Gasteiger partial charge on any atom is -0.381 e. The van der Waals surface area contributed by atoms with E-state index in [0.29, 0.717) is 11.3 Å². The molecule has 3 heterocycles. The number of likely N-dealkylation sites (tertiary alicyclic amines) is 2. The molecule has 4 rings (SSSR count). The number of rotatable bonds is 4. The van der Waals surface area contributed by atoms with Crippen LogP contribution in [0.25, 0.3) is 0 Å². The molecule has 3 aliphatic heterocycles. The van der Waals surface area contributed by atoms with E-state index in [4.69, 9.17) is 4.74 Å². The van der Waals surface area contributed by atoms with Crippen LogP contribution in [-0.2, 0) is 16.0 Å². The van der Waals surface area contributed by atoms with Crippen LogP contribution in [0.1, 0.15) is 37.7 Å². The van der Waals surface area contributed by atoms with E-state index in [1.54, 1.807) is 0 Å². The van der Waals surface area contributed by atoms with E-state index in [-0.39, 0.29) is 5.92 Å². The van der Waals surface area contributed by atoms with E-state index in [1.165, 1.54) is 31.4 Å². The number of piperidine rings is 1. The normalized spacial score (nSPS) is 27.9. The third kappa shape index (κ3) is 4.12. The summed E-state index contributed by atoms with van der Waals surface area (Å²) < 4.78 is 5.42. The maximum Gasteiger partial charge on any atom is 0.225 e. The monoisotopic (exact) mass is 356 g/mol. The molecule has 0 unspecified atom stereocenters. The van der Waals surface area contributed by atoms with Crippen molar-refractivity contribution < 1.29 is 9.53 Å². The maximum absolute atomic E-state index is 12.9. The lowest BCUT2D eigenvalue weighted by Gasteiger charge is -2.40. The molecule has 1 spiro atoms. The quantitative estimate of drug-likeness (QED) is 0.831. The fourth-order valence-electron chi connectivity index (χ4n) is 5.09. The van der Waals surface area contributed by atoms with Crippen molar-refractivity contribution in [2.45, 2.75) is 38.5 Å². The van der Waals surface area contributed by atoms with Gasteiger partial charge in [-0.2, -0.15) is 0 Å². The fraction of sp³-hybridized carbons (Fsp3) is 0.682. The highest BCUT2D eigenvalue weighted by Crippen LogP contribution is 2.39. The molecule has 0 radical (unpaired) electrons. The molecule has 1 amide bonds. The largest absolute Gasteiger partial charge is 0.381 e. The van der Waals surface area contributed by atoms with Crippen molar-refractivity contribution in [3.05, 3.63) is 35.9 Å². The van der Waals surface area contributed by atoms with Crippen molar-refractivity contribution in [2.24, 2.45) is 11.3 Å². The van der Waals surface area contributed by atoms with Gasteiger partial charge >= 0.3 is 0 Å². The number of carbonyl (C=O) groups is 1. The molecule has 4 heteroatoms. The molecule has 3 fully saturated rings. The summed E-state index contributed by atoms with van der Waals surface area (Å²) in [4.78, 5) is 17.7. The van der Waals surface area contributed by atoms with Crippen molar-refractivity contribution in [2.75, 3.05) is 45.9 Å². The minimum absolute atomic E-state index is 0.205. The maximum atomic E-state index is 12.9. The van der Waals surface area contributed by atoms with Gasteiger partial charge in [0.2, 0.25) is 5.91 Å². The average Bonchev–Trinajstić information content (AvgIpc) is 3.10. The summed E-state index contributed by atoms with van der Waals surface area (Å²) >= 11 is 0. The molecule has 0 aliphatic carbocycles. The third-order valence-corrected chi connectivity index (χ3v) is 6.62. The van der Waals surface area contributed by atoms with Gasteiger partial charge in [-0.1, -0.05) is 30.3 Å². The Balaban J connectivity index is 1.31. The number of nitrogens with zero attached hydrogens (tertiary/aromatic N) is 2. The summed E-state index contributed by atoms with van der Waals surface area (Å²) in [5.41, 5.74) is 1.77. The van der Waals surface area contributed by atoms with Crippen LogP contribution < -0.4 is 0 Å². The van der Waals surface area contributed by atoms with Gasteiger partial charge in [0.15, 0.2) is 0 Å². The topological polar surface area (TPSA) is 32.8 Å². The lowest BCUT2D eigenvalue weighted by Crippen LogP contribution is -2.46. The Kier molecular flexibility index (Phi) is 5.60. The van der Waals surface area contributed by atoms with Gasteiger partial charge < -0.3 is 14.5 Å². The zero-order chi connectivity index (χ0) is 17.8. The highest BCUT2D eigenvalue weighted by molar-refractivity contribution is 5.79. The van der Waals surface area contributed by atoms with Gasteiger partial charge in [0.1, 0.15) is 0 Å². The first-order chi connectivity index (χ1) is 12.7. The fourth-order valence-corrected chi connectivity index (χ4v) is 5.09. The Labute approximate surface area is 157 Å². The molecule has 3 saturated heterocycles.